The van der Waals surface area contributed by atoms with Crippen LogP contribution in [0, 0.1) is 5.53 Å². The van der Waals surface area contributed by atoms with Gasteiger partial charge in [-0.15, -0.1) is 0 Å². The van der Waals surface area contributed by atoms with E-state index in [0.29, 0.717) is 17.7 Å². The third-order valence-corrected chi connectivity index (χ3v) is 7.03. The van der Waals surface area contributed by atoms with Crippen LogP contribution in [0.3, 0.4) is 0 Å². The highest BCUT2D eigenvalue weighted by Gasteiger charge is 2.36. The van der Waals surface area contributed by atoms with E-state index in [1.807, 2.05) is 19.2 Å². The lowest BCUT2D eigenvalue weighted by atomic mass is 9.92. The standard InChI is InChI=1S/C26H30N4O/c1-28-15-25(29-27)19-8-6-17(7-9-19)12-20-13-24-21(14-23(20)18-10-11-18)16-30(26(24)31)22-4-2-3-5-22/h6-9,13-15,18,22,27-28H,2-5,10-12,16H2,1H3/b25-15-,29-27?. The molecule has 2 fully saturated rings. The number of hydrogen-bond acceptors (Lipinski definition) is 4. The minimum absolute atomic E-state index is 0.236. The van der Waals surface area contributed by atoms with Gasteiger partial charge in [0.15, 0.2) is 0 Å². The van der Waals surface area contributed by atoms with Crippen LogP contribution in [-0.2, 0) is 13.0 Å². The lowest BCUT2D eigenvalue weighted by Crippen LogP contribution is -2.33. The van der Waals surface area contributed by atoms with Gasteiger partial charge >= 0.3 is 0 Å². The molecule has 5 nitrogen and oxygen atoms in total. The molecule has 0 spiro atoms. The zero-order chi connectivity index (χ0) is 21.4. The molecule has 0 atom stereocenters. The van der Waals surface area contributed by atoms with Gasteiger partial charge in [0.05, 0.1) is 0 Å². The molecule has 1 aliphatic heterocycles. The van der Waals surface area contributed by atoms with Gasteiger partial charge in [0.2, 0.25) is 0 Å². The number of nitrogens with zero attached hydrogens (tertiary/aromatic N) is 2. The van der Waals surface area contributed by atoms with Crippen LogP contribution in [-0.4, -0.2) is 23.9 Å². The van der Waals surface area contributed by atoms with Crippen molar-refractivity contribution in [2.45, 2.75) is 63.5 Å². The fourth-order valence-corrected chi connectivity index (χ4v) is 5.22. The summed E-state index contributed by atoms with van der Waals surface area (Å²) in [5.41, 5.74) is 15.0. The normalized spacial score (nSPS) is 19.1. The minimum atomic E-state index is 0.236. The first-order chi connectivity index (χ1) is 15.2. The van der Waals surface area contributed by atoms with E-state index >= 15 is 0 Å². The number of carbonyl (C=O) groups is 1. The Kier molecular flexibility index (Phi) is 5.34. The van der Waals surface area contributed by atoms with E-state index in [1.54, 1.807) is 6.20 Å². The van der Waals surface area contributed by atoms with Gasteiger partial charge in [-0.2, -0.15) is 5.11 Å². The van der Waals surface area contributed by atoms with E-state index in [9.17, 15) is 4.79 Å². The zero-order valence-corrected chi connectivity index (χ0v) is 18.2. The Balaban J connectivity index is 1.42. The molecule has 5 heteroatoms. The molecule has 0 bridgehead atoms. The summed E-state index contributed by atoms with van der Waals surface area (Å²) in [6.07, 6.45) is 9.89. The Morgan fingerprint density at radius 1 is 1.16 bits per heavy atom. The van der Waals surface area contributed by atoms with Crippen LogP contribution in [0.25, 0.3) is 5.70 Å². The van der Waals surface area contributed by atoms with Crippen molar-refractivity contribution in [3.05, 3.63) is 76.0 Å². The number of rotatable bonds is 7. The quantitative estimate of drug-likeness (QED) is 0.579. The van der Waals surface area contributed by atoms with Crippen molar-refractivity contribution in [3.8, 4) is 0 Å². The number of hydrogen-bond donors (Lipinski definition) is 2. The largest absolute Gasteiger partial charge is 0.392 e. The Morgan fingerprint density at radius 3 is 2.55 bits per heavy atom. The molecule has 1 amide bonds. The molecule has 3 aliphatic rings. The topological polar surface area (TPSA) is 68.6 Å². The second-order valence-electron chi connectivity index (χ2n) is 9.16. The average molecular weight is 415 g/mol. The molecule has 0 aromatic heterocycles. The van der Waals surface area contributed by atoms with Crippen molar-refractivity contribution in [2.24, 2.45) is 5.11 Å². The maximum Gasteiger partial charge on any atom is 0.254 e. The number of amides is 1. The maximum absolute atomic E-state index is 13.2. The predicted molar refractivity (Wildman–Crippen MR) is 122 cm³/mol. The molecule has 2 saturated carbocycles. The zero-order valence-electron chi connectivity index (χ0n) is 18.2. The van der Waals surface area contributed by atoms with E-state index in [2.05, 4.69) is 39.6 Å². The molecule has 0 radical (unpaired) electrons. The predicted octanol–water partition coefficient (Wildman–Crippen LogP) is 5.60. The summed E-state index contributed by atoms with van der Waals surface area (Å²) in [4.78, 5) is 15.3. The highest BCUT2D eigenvalue weighted by molar-refractivity contribution is 5.99. The molecule has 5 rings (SSSR count). The fourth-order valence-electron chi connectivity index (χ4n) is 5.22. The summed E-state index contributed by atoms with van der Waals surface area (Å²) >= 11 is 0. The second-order valence-corrected chi connectivity index (χ2v) is 9.16. The summed E-state index contributed by atoms with van der Waals surface area (Å²) in [6.45, 7) is 0.796. The summed E-state index contributed by atoms with van der Waals surface area (Å²) < 4.78 is 0. The van der Waals surface area contributed by atoms with Gasteiger partial charge < -0.3 is 10.2 Å². The van der Waals surface area contributed by atoms with Gasteiger partial charge in [-0.25, -0.2) is 5.53 Å². The van der Waals surface area contributed by atoms with Crippen LogP contribution in [0.2, 0.25) is 0 Å². The SMILES string of the molecule is CN/C=C(\N=N)c1ccc(Cc2cc3c(cc2C2CC2)CN(C2CCCC2)C3=O)cc1. The average Bonchev–Trinajstić information content (AvgIpc) is 3.39. The molecule has 2 aliphatic carbocycles. The Labute approximate surface area is 184 Å². The van der Waals surface area contributed by atoms with Gasteiger partial charge in [0, 0.05) is 37.0 Å². The number of fused-ring (bicyclic) bond motifs is 1. The molecule has 2 N–H and O–H groups in total. The van der Waals surface area contributed by atoms with Crippen molar-refractivity contribution in [1.29, 1.82) is 5.53 Å². The van der Waals surface area contributed by atoms with E-state index in [0.717, 1.165) is 36.9 Å². The molecule has 1 heterocycles. The van der Waals surface area contributed by atoms with E-state index in [4.69, 9.17) is 5.53 Å². The highest BCUT2D eigenvalue weighted by atomic mass is 16.2. The Bertz CT molecular complexity index is 1030. The molecule has 0 saturated heterocycles. The van der Waals surface area contributed by atoms with Gasteiger partial charge in [-0.3, -0.25) is 4.79 Å². The summed E-state index contributed by atoms with van der Waals surface area (Å²) in [5, 5.41) is 6.54. The van der Waals surface area contributed by atoms with Gasteiger partial charge in [-0.1, -0.05) is 43.2 Å². The molecule has 2 aromatic carbocycles. The summed E-state index contributed by atoms with van der Waals surface area (Å²) in [7, 11) is 1.81. The van der Waals surface area contributed by atoms with E-state index in [1.165, 1.54) is 47.9 Å². The fraction of sp³-hybridized carbons (Fsp3) is 0.423. The molecular weight excluding hydrogens is 384 g/mol. The number of benzene rings is 2. The highest BCUT2D eigenvalue weighted by Crippen LogP contribution is 2.44. The van der Waals surface area contributed by atoms with Gasteiger partial charge in [0.25, 0.3) is 5.91 Å². The number of nitrogens with one attached hydrogen (secondary N) is 2. The second kappa shape index (κ2) is 8.29. The summed E-state index contributed by atoms with van der Waals surface area (Å²) in [6, 6.07) is 13.2. The van der Waals surface area contributed by atoms with Gasteiger partial charge in [0.1, 0.15) is 5.70 Å². The Morgan fingerprint density at radius 2 is 1.90 bits per heavy atom. The van der Waals surface area contributed by atoms with Crippen LogP contribution >= 0.6 is 0 Å². The van der Waals surface area contributed by atoms with Gasteiger partial charge in [-0.05, 0) is 66.3 Å². The van der Waals surface area contributed by atoms with E-state index < -0.39 is 0 Å². The Hall–Kier alpha value is -2.95. The first-order valence-corrected chi connectivity index (χ1v) is 11.5. The van der Waals surface area contributed by atoms with Crippen molar-refractivity contribution < 1.29 is 4.79 Å². The molecule has 2 aromatic rings. The van der Waals surface area contributed by atoms with Crippen LogP contribution in [0.5, 0.6) is 0 Å². The maximum atomic E-state index is 13.2. The van der Waals surface area contributed by atoms with Crippen LogP contribution in [0.1, 0.15) is 82.6 Å². The van der Waals surface area contributed by atoms with Crippen LogP contribution < -0.4 is 5.32 Å². The molecule has 31 heavy (non-hydrogen) atoms. The minimum Gasteiger partial charge on any atom is -0.392 e. The van der Waals surface area contributed by atoms with Crippen molar-refractivity contribution in [1.82, 2.24) is 10.2 Å². The first kappa shape index (κ1) is 20.0. The lowest BCUT2D eigenvalue weighted by Gasteiger charge is -2.23. The third kappa shape index (κ3) is 3.89. The first-order valence-electron chi connectivity index (χ1n) is 11.5. The molecule has 0 unspecified atom stereocenters. The van der Waals surface area contributed by atoms with Crippen molar-refractivity contribution in [3.63, 3.8) is 0 Å². The number of carbonyl (C=O) groups excluding carboxylic acids is 1. The van der Waals surface area contributed by atoms with Crippen LogP contribution in [0.4, 0.5) is 0 Å². The third-order valence-electron chi connectivity index (χ3n) is 7.03. The van der Waals surface area contributed by atoms with Crippen molar-refractivity contribution >= 4 is 11.6 Å². The van der Waals surface area contributed by atoms with Crippen LogP contribution in [0.15, 0.2) is 47.7 Å². The molecule has 160 valence electrons. The summed E-state index contributed by atoms with van der Waals surface area (Å²) in [5.74, 6) is 0.891. The smallest absolute Gasteiger partial charge is 0.254 e. The monoisotopic (exact) mass is 414 g/mol. The lowest BCUT2D eigenvalue weighted by molar-refractivity contribution is 0.0707. The van der Waals surface area contributed by atoms with Crippen molar-refractivity contribution in [2.75, 3.05) is 7.05 Å². The van der Waals surface area contributed by atoms with E-state index in [-0.39, 0.29) is 5.91 Å². The molecular formula is C26H30N4O.